The van der Waals surface area contributed by atoms with Crippen LogP contribution in [0.15, 0.2) is 36.5 Å². The number of likely N-dealkylation sites (N-methyl/N-ethyl adjacent to an activating group) is 1. The van der Waals surface area contributed by atoms with E-state index in [9.17, 15) is 9.18 Å². The summed E-state index contributed by atoms with van der Waals surface area (Å²) in [6.45, 7) is 4.21. The van der Waals surface area contributed by atoms with E-state index in [-0.39, 0.29) is 11.8 Å². The third-order valence-electron chi connectivity index (χ3n) is 6.13. The number of carbonyl (C=O) groups is 1. The van der Waals surface area contributed by atoms with Crippen LogP contribution >= 0.6 is 0 Å². The highest BCUT2D eigenvalue weighted by atomic mass is 19.1. The second-order valence-corrected chi connectivity index (χ2v) is 7.89. The second kappa shape index (κ2) is 8.98. The minimum absolute atomic E-state index is 0.0699. The van der Waals surface area contributed by atoms with Gasteiger partial charge in [0, 0.05) is 34.3 Å². The van der Waals surface area contributed by atoms with Crippen LogP contribution < -0.4 is 15.2 Å². The van der Waals surface area contributed by atoms with Crippen LogP contribution in [0.25, 0.3) is 10.9 Å². The number of nitrogens with zero attached hydrogens (tertiary/aromatic N) is 1. The number of primary amides is 1. The fourth-order valence-electron chi connectivity index (χ4n) is 4.46. The van der Waals surface area contributed by atoms with Crippen LogP contribution in [0.1, 0.15) is 34.8 Å². The van der Waals surface area contributed by atoms with E-state index in [0.29, 0.717) is 24.2 Å². The van der Waals surface area contributed by atoms with Crippen LogP contribution in [-0.2, 0) is 12.8 Å². The molecule has 3 aromatic rings. The molecule has 2 heterocycles. The van der Waals surface area contributed by atoms with Crippen molar-refractivity contribution >= 4 is 16.8 Å². The van der Waals surface area contributed by atoms with Gasteiger partial charge in [0.2, 0.25) is 5.91 Å². The average molecular weight is 426 g/mol. The summed E-state index contributed by atoms with van der Waals surface area (Å²) < 4.78 is 25.3. The van der Waals surface area contributed by atoms with Gasteiger partial charge in [0.15, 0.2) is 11.6 Å². The van der Waals surface area contributed by atoms with E-state index in [0.717, 1.165) is 37.2 Å². The van der Waals surface area contributed by atoms with Crippen molar-refractivity contribution in [2.75, 3.05) is 26.8 Å². The molecule has 3 N–H and O–H groups in total. The molecular formula is C24H28FN3O3. The molecule has 0 spiro atoms. The Kier molecular flexibility index (Phi) is 6.13. The summed E-state index contributed by atoms with van der Waals surface area (Å²) in [5.74, 6) is 0.00459. The Bertz CT molecular complexity index is 1100. The number of ether oxygens (including phenoxy) is 2. The third-order valence-corrected chi connectivity index (χ3v) is 6.13. The minimum Gasteiger partial charge on any atom is -0.497 e. The number of aromatic nitrogens is 1. The molecule has 6 nitrogen and oxygen atoms in total. The number of methoxy groups -OCH3 is 1. The molecule has 1 aromatic heterocycles. The highest BCUT2D eigenvalue weighted by Crippen LogP contribution is 2.32. The lowest BCUT2D eigenvalue weighted by Gasteiger charge is -2.35. The Morgan fingerprint density at radius 3 is 2.94 bits per heavy atom. The van der Waals surface area contributed by atoms with Crippen LogP contribution in [0.4, 0.5) is 4.39 Å². The van der Waals surface area contributed by atoms with Crippen molar-refractivity contribution in [1.29, 1.82) is 0 Å². The zero-order valence-electron chi connectivity index (χ0n) is 17.9. The van der Waals surface area contributed by atoms with Gasteiger partial charge >= 0.3 is 0 Å². The van der Waals surface area contributed by atoms with Crippen molar-refractivity contribution in [2.24, 2.45) is 5.73 Å². The largest absolute Gasteiger partial charge is 0.497 e. The van der Waals surface area contributed by atoms with E-state index in [1.165, 1.54) is 23.1 Å². The number of hydrogen-bond acceptors (Lipinski definition) is 4. The number of rotatable bonds is 8. The van der Waals surface area contributed by atoms with E-state index < -0.39 is 11.7 Å². The van der Waals surface area contributed by atoms with Gasteiger partial charge in [-0.25, -0.2) is 4.39 Å². The van der Waals surface area contributed by atoms with Crippen molar-refractivity contribution < 1.29 is 18.7 Å². The number of H-pyrrole nitrogens is 1. The summed E-state index contributed by atoms with van der Waals surface area (Å²) in [6.07, 6.45) is 4.49. The lowest BCUT2D eigenvalue weighted by Crippen LogP contribution is -2.44. The number of hydrogen-bond donors (Lipinski definition) is 2. The van der Waals surface area contributed by atoms with Gasteiger partial charge in [-0.2, -0.15) is 0 Å². The smallest absolute Gasteiger partial charge is 0.249 e. The summed E-state index contributed by atoms with van der Waals surface area (Å²) in [5, 5.41) is 1.18. The van der Waals surface area contributed by atoms with Gasteiger partial charge in [-0.05, 0) is 68.2 Å². The highest BCUT2D eigenvalue weighted by Gasteiger charge is 2.29. The molecule has 1 unspecified atom stereocenters. The quantitative estimate of drug-likeness (QED) is 0.577. The number of nitrogens with one attached hydrogen (secondary N) is 1. The van der Waals surface area contributed by atoms with Crippen molar-refractivity contribution in [3.05, 3.63) is 59.0 Å². The van der Waals surface area contributed by atoms with Crippen LogP contribution in [0.3, 0.4) is 0 Å². The van der Waals surface area contributed by atoms with E-state index in [1.54, 1.807) is 7.11 Å². The molecule has 1 amide bonds. The molecule has 0 saturated heterocycles. The zero-order chi connectivity index (χ0) is 22.0. The first-order valence-corrected chi connectivity index (χ1v) is 10.6. The molecular weight excluding hydrogens is 397 g/mol. The van der Waals surface area contributed by atoms with E-state index >= 15 is 0 Å². The number of benzene rings is 2. The van der Waals surface area contributed by atoms with Gasteiger partial charge in [0.1, 0.15) is 12.4 Å². The standard InChI is InChI=1S/C24H28FN3O3/c1-3-28(10-4-5-15-13-27-22-9-6-17(30-2)12-19(15)22)16-11-20-18(24(26)29)7-8-21(25)23(20)31-14-16/h6-9,12-13,16,27H,3-5,10-11,14H2,1-2H3,(H2,26,29). The third kappa shape index (κ3) is 4.23. The molecule has 1 aliphatic rings. The summed E-state index contributed by atoms with van der Waals surface area (Å²) in [7, 11) is 1.67. The molecule has 164 valence electrons. The summed E-state index contributed by atoms with van der Waals surface area (Å²) in [4.78, 5) is 17.5. The van der Waals surface area contributed by atoms with Gasteiger partial charge in [0.25, 0.3) is 0 Å². The molecule has 0 aliphatic carbocycles. The predicted octanol–water partition coefficient (Wildman–Crippen LogP) is 3.67. The van der Waals surface area contributed by atoms with Crippen LogP contribution in [0.5, 0.6) is 11.5 Å². The van der Waals surface area contributed by atoms with Crippen LogP contribution in [0.2, 0.25) is 0 Å². The van der Waals surface area contributed by atoms with E-state index in [4.69, 9.17) is 15.2 Å². The minimum atomic E-state index is -0.557. The van der Waals surface area contributed by atoms with Crippen molar-refractivity contribution in [3.8, 4) is 11.5 Å². The second-order valence-electron chi connectivity index (χ2n) is 7.89. The first-order valence-electron chi connectivity index (χ1n) is 10.6. The van der Waals surface area contributed by atoms with Gasteiger partial charge in [-0.3, -0.25) is 9.69 Å². The first kappa shape index (κ1) is 21.2. The summed E-state index contributed by atoms with van der Waals surface area (Å²) in [6, 6.07) is 8.80. The van der Waals surface area contributed by atoms with E-state index in [1.807, 2.05) is 12.1 Å². The predicted molar refractivity (Wildman–Crippen MR) is 118 cm³/mol. The van der Waals surface area contributed by atoms with Gasteiger partial charge < -0.3 is 20.2 Å². The van der Waals surface area contributed by atoms with Crippen molar-refractivity contribution in [1.82, 2.24) is 9.88 Å². The Labute approximate surface area is 181 Å². The number of amides is 1. The lowest BCUT2D eigenvalue weighted by atomic mass is 9.95. The fraction of sp³-hybridized carbons (Fsp3) is 0.375. The van der Waals surface area contributed by atoms with Crippen LogP contribution in [0, 0.1) is 5.82 Å². The van der Waals surface area contributed by atoms with Gasteiger partial charge in [0.05, 0.1) is 7.11 Å². The monoisotopic (exact) mass is 425 g/mol. The topological polar surface area (TPSA) is 80.6 Å². The van der Waals surface area contributed by atoms with Crippen LogP contribution in [-0.4, -0.2) is 48.6 Å². The number of halogens is 1. The molecule has 0 fully saturated rings. The van der Waals surface area contributed by atoms with Gasteiger partial charge in [-0.15, -0.1) is 0 Å². The van der Waals surface area contributed by atoms with Crippen molar-refractivity contribution in [3.63, 3.8) is 0 Å². The number of aryl methyl sites for hydroxylation is 1. The number of aromatic amines is 1. The Morgan fingerprint density at radius 2 is 2.19 bits per heavy atom. The molecule has 0 saturated carbocycles. The number of nitrogens with two attached hydrogens (primary N) is 1. The normalized spacial score (nSPS) is 15.7. The number of carbonyl (C=O) groups excluding carboxylic acids is 1. The van der Waals surface area contributed by atoms with E-state index in [2.05, 4.69) is 29.1 Å². The summed E-state index contributed by atoms with van der Waals surface area (Å²) in [5.41, 5.74) is 8.77. The molecule has 4 rings (SSSR count). The molecule has 1 atom stereocenters. The molecule has 7 heteroatoms. The van der Waals surface area contributed by atoms with Crippen molar-refractivity contribution in [2.45, 2.75) is 32.2 Å². The lowest BCUT2D eigenvalue weighted by molar-refractivity contribution is 0.0987. The maximum Gasteiger partial charge on any atom is 0.249 e. The Balaban J connectivity index is 1.44. The SMILES string of the molecule is CCN(CCCc1c[nH]c2ccc(OC)cc12)C1COc2c(F)ccc(C(N)=O)c2C1. The average Bonchev–Trinajstić information content (AvgIpc) is 3.18. The highest BCUT2D eigenvalue weighted by molar-refractivity contribution is 5.95. The maximum absolute atomic E-state index is 14.2. The Hall–Kier alpha value is -3.06. The Morgan fingerprint density at radius 1 is 1.35 bits per heavy atom. The molecule has 1 aliphatic heterocycles. The number of fused-ring (bicyclic) bond motifs is 2. The molecule has 31 heavy (non-hydrogen) atoms. The maximum atomic E-state index is 14.2. The molecule has 0 bridgehead atoms. The molecule has 0 radical (unpaired) electrons. The summed E-state index contributed by atoms with van der Waals surface area (Å²) >= 11 is 0. The first-order chi connectivity index (χ1) is 15.0. The molecule has 2 aromatic carbocycles. The zero-order valence-corrected chi connectivity index (χ0v) is 17.9. The van der Waals surface area contributed by atoms with Gasteiger partial charge in [-0.1, -0.05) is 6.92 Å². The fourth-order valence-corrected chi connectivity index (χ4v) is 4.46.